The molecule has 3 heteroatoms. The van der Waals surface area contributed by atoms with Crippen molar-refractivity contribution in [3.05, 3.63) is 35.5 Å². The predicted molar refractivity (Wildman–Crippen MR) is 72.6 cm³/mol. The molecule has 0 aliphatic carbocycles. The van der Waals surface area contributed by atoms with Crippen molar-refractivity contribution in [1.82, 2.24) is 9.88 Å². The second-order valence-electron chi connectivity index (χ2n) is 5.07. The molecule has 1 aromatic heterocycles. The summed E-state index contributed by atoms with van der Waals surface area (Å²) in [6.45, 7) is 2.93. The first-order valence-electron chi connectivity index (χ1n) is 6.47. The van der Waals surface area contributed by atoms with Gasteiger partial charge in [0.15, 0.2) is 0 Å². The normalized spacial score (nSPS) is 20.6. The Hall–Kier alpha value is -1.61. The fourth-order valence-electron chi connectivity index (χ4n) is 2.98. The standard InChI is InChI=1S/C15H18N2O/c1-10-15(13-9-11(18)7-8-16-13)12-5-3-4-6-14(12)17(10)2/h3-6,13,16H,7-9H2,1-2H3. The predicted octanol–water partition coefficient (Wildman–Crippen LogP) is 2.48. The summed E-state index contributed by atoms with van der Waals surface area (Å²) < 4.78 is 2.21. The van der Waals surface area contributed by atoms with Crippen molar-refractivity contribution in [2.24, 2.45) is 7.05 Å². The van der Waals surface area contributed by atoms with Gasteiger partial charge in [-0.2, -0.15) is 0 Å². The molecule has 3 rings (SSSR count). The summed E-state index contributed by atoms with van der Waals surface area (Å²) in [6, 6.07) is 8.59. The van der Waals surface area contributed by atoms with Gasteiger partial charge in [0, 0.05) is 49.1 Å². The Bertz CT molecular complexity index is 612. The van der Waals surface area contributed by atoms with Crippen LogP contribution >= 0.6 is 0 Å². The van der Waals surface area contributed by atoms with Crippen LogP contribution in [0.3, 0.4) is 0 Å². The molecule has 0 amide bonds. The molecular weight excluding hydrogens is 224 g/mol. The van der Waals surface area contributed by atoms with Crippen LogP contribution in [-0.4, -0.2) is 16.9 Å². The molecule has 2 heterocycles. The molecule has 1 aromatic carbocycles. The van der Waals surface area contributed by atoms with E-state index in [0.717, 1.165) is 6.54 Å². The molecule has 0 spiro atoms. The van der Waals surface area contributed by atoms with E-state index in [-0.39, 0.29) is 6.04 Å². The summed E-state index contributed by atoms with van der Waals surface area (Å²) in [5.74, 6) is 0.367. The Morgan fingerprint density at radius 1 is 1.33 bits per heavy atom. The number of carbonyl (C=O) groups is 1. The van der Waals surface area contributed by atoms with Gasteiger partial charge in [-0.3, -0.25) is 4.79 Å². The maximum absolute atomic E-state index is 11.7. The Morgan fingerprint density at radius 3 is 2.89 bits per heavy atom. The van der Waals surface area contributed by atoms with E-state index in [2.05, 4.69) is 48.1 Å². The lowest BCUT2D eigenvalue weighted by Gasteiger charge is -2.23. The van der Waals surface area contributed by atoms with Gasteiger partial charge < -0.3 is 9.88 Å². The Labute approximate surface area is 107 Å². The summed E-state index contributed by atoms with van der Waals surface area (Å²) >= 11 is 0. The Morgan fingerprint density at radius 2 is 2.11 bits per heavy atom. The van der Waals surface area contributed by atoms with Crippen LogP contribution in [0.5, 0.6) is 0 Å². The third-order valence-corrected chi connectivity index (χ3v) is 4.02. The lowest BCUT2D eigenvalue weighted by atomic mass is 9.94. The minimum atomic E-state index is 0.178. The second-order valence-corrected chi connectivity index (χ2v) is 5.07. The molecule has 1 saturated heterocycles. The van der Waals surface area contributed by atoms with Crippen LogP contribution in [0.4, 0.5) is 0 Å². The highest BCUT2D eigenvalue weighted by molar-refractivity contribution is 5.88. The van der Waals surface area contributed by atoms with Gasteiger partial charge in [-0.15, -0.1) is 0 Å². The summed E-state index contributed by atoms with van der Waals surface area (Å²) in [5, 5.41) is 4.75. The van der Waals surface area contributed by atoms with Gasteiger partial charge in [-0.05, 0) is 18.6 Å². The number of carbonyl (C=O) groups excluding carboxylic acids is 1. The van der Waals surface area contributed by atoms with Gasteiger partial charge in [0.05, 0.1) is 0 Å². The molecule has 1 atom stereocenters. The SMILES string of the molecule is Cc1c(C2CC(=O)CCN2)c2ccccc2n1C. The molecule has 0 radical (unpaired) electrons. The fraction of sp³-hybridized carbons (Fsp3) is 0.400. The summed E-state index contributed by atoms with van der Waals surface area (Å²) in [4.78, 5) is 11.7. The van der Waals surface area contributed by atoms with Crippen molar-refractivity contribution in [2.75, 3.05) is 6.54 Å². The average molecular weight is 242 g/mol. The maximum atomic E-state index is 11.7. The first-order valence-corrected chi connectivity index (χ1v) is 6.47. The van der Waals surface area contributed by atoms with Crippen molar-refractivity contribution in [2.45, 2.75) is 25.8 Å². The second kappa shape index (κ2) is 4.25. The van der Waals surface area contributed by atoms with E-state index in [0.29, 0.717) is 18.6 Å². The van der Waals surface area contributed by atoms with Crippen LogP contribution in [0.2, 0.25) is 0 Å². The monoisotopic (exact) mass is 242 g/mol. The maximum Gasteiger partial charge on any atom is 0.136 e. The smallest absolute Gasteiger partial charge is 0.136 e. The third kappa shape index (κ3) is 1.66. The van der Waals surface area contributed by atoms with Crippen LogP contribution in [0.1, 0.15) is 30.1 Å². The molecule has 1 aliphatic rings. The molecule has 1 fully saturated rings. The minimum absolute atomic E-state index is 0.178. The summed E-state index contributed by atoms with van der Waals surface area (Å²) in [6.07, 6.45) is 1.29. The number of aryl methyl sites for hydroxylation is 1. The van der Waals surface area contributed by atoms with E-state index in [1.807, 2.05) is 0 Å². The highest BCUT2D eigenvalue weighted by Crippen LogP contribution is 2.32. The van der Waals surface area contributed by atoms with Crippen molar-refractivity contribution in [3.8, 4) is 0 Å². The average Bonchev–Trinajstić information content (AvgIpc) is 2.63. The quantitative estimate of drug-likeness (QED) is 0.833. The van der Waals surface area contributed by atoms with Crippen LogP contribution < -0.4 is 5.32 Å². The zero-order chi connectivity index (χ0) is 12.7. The minimum Gasteiger partial charge on any atom is -0.348 e. The highest BCUT2D eigenvalue weighted by Gasteiger charge is 2.25. The molecule has 0 bridgehead atoms. The van der Waals surface area contributed by atoms with E-state index in [4.69, 9.17) is 0 Å². The van der Waals surface area contributed by atoms with Crippen LogP contribution in [0.25, 0.3) is 10.9 Å². The fourth-order valence-corrected chi connectivity index (χ4v) is 2.98. The molecule has 2 aromatic rings. The highest BCUT2D eigenvalue weighted by atomic mass is 16.1. The lowest BCUT2D eigenvalue weighted by Crippen LogP contribution is -2.32. The number of para-hydroxylation sites is 1. The number of piperidine rings is 1. The van der Waals surface area contributed by atoms with E-state index in [1.165, 1.54) is 22.2 Å². The molecule has 3 nitrogen and oxygen atoms in total. The van der Waals surface area contributed by atoms with Crippen LogP contribution in [0, 0.1) is 6.92 Å². The van der Waals surface area contributed by atoms with E-state index < -0.39 is 0 Å². The number of Topliss-reactive ketones (excluding diaryl/α,β-unsaturated/α-hetero) is 1. The summed E-state index contributed by atoms with van der Waals surface area (Å²) in [5.41, 5.74) is 3.79. The number of hydrogen-bond donors (Lipinski definition) is 1. The van der Waals surface area contributed by atoms with Gasteiger partial charge in [-0.25, -0.2) is 0 Å². The first-order chi connectivity index (χ1) is 8.68. The lowest BCUT2D eigenvalue weighted by molar-refractivity contribution is -0.120. The van der Waals surface area contributed by atoms with E-state index in [9.17, 15) is 4.79 Å². The third-order valence-electron chi connectivity index (χ3n) is 4.02. The number of benzene rings is 1. The van der Waals surface area contributed by atoms with E-state index >= 15 is 0 Å². The molecule has 0 saturated carbocycles. The van der Waals surface area contributed by atoms with Gasteiger partial charge in [0.2, 0.25) is 0 Å². The Kier molecular flexibility index (Phi) is 2.71. The molecule has 1 aliphatic heterocycles. The zero-order valence-electron chi connectivity index (χ0n) is 10.9. The van der Waals surface area contributed by atoms with Crippen molar-refractivity contribution in [1.29, 1.82) is 0 Å². The number of nitrogens with one attached hydrogen (secondary N) is 1. The molecule has 1 N–H and O–H groups in total. The van der Waals surface area contributed by atoms with Crippen LogP contribution in [0.15, 0.2) is 24.3 Å². The van der Waals surface area contributed by atoms with Gasteiger partial charge in [0.1, 0.15) is 5.78 Å². The van der Waals surface area contributed by atoms with Crippen molar-refractivity contribution in [3.63, 3.8) is 0 Å². The topological polar surface area (TPSA) is 34.0 Å². The van der Waals surface area contributed by atoms with Gasteiger partial charge in [0.25, 0.3) is 0 Å². The number of hydrogen-bond acceptors (Lipinski definition) is 2. The van der Waals surface area contributed by atoms with E-state index in [1.54, 1.807) is 0 Å². The first kappa shape index (κ1) is 11.5. The van der Waals surface area contributed by atoms with Gasteiger partial charge in [-0.1, -0.05) is 18.2 Å². The number of fused-ring (bicyclic) bond motifs is 1. The Balaban J connectivity index is 2.16. The molecule has 94 valence electrons. The van der Waals surface area contributed by atoms with Crippen molar-refractivity contribution >= 4 is 16.7 Å². The van der Waals surface area contributed by atoms with Crippen LogP contribution in [-0.2, 0) is 11.8 Å². The number of rotatable bonds is 1. The zero-order valence-corrected chi connectivity index (χ0v) is 10.9. The van der Waals surface area contributed by atoms with Crippen molar-refractivity contribution < 1.29 is 4.79 Å². The molecule has 1 unspecified atom stereocenters. The molecule has 18 heavy (non-hydrogen) atoms. The van der Waals surface area contributed by atoms with Gasteiger partial charge >= 0.3 is 0 Å². The largest absolute Gasteiger partial charge is 0.348 e. The number of ketones is 1. The summed E-state index contributed by atoms with van der Waals surface area (Å²) in [7, 11) is 2.09. The number of nitrogens with zero attached hydrogens (tertiary/aromatic N) is 1. The number of aromatic nitrogens is 1. The molecular formula is C15H18N2O.